The number of nitrogens with two attached hydrogens (primary N) is 1. The first-order valence-corrected chi connectivity index (χ1v) is 2.32. The molecule has 3 N–H and O–H groups in total. The molecule has 0 saturated carbocycles. The summed E-state index contributed by atoms with van der Waals surface area (Å²) in [7, 11) is 0. The minimum absolute atomic E-state index is 0.711. The molecule has 0 bridgehead atoms. The zero-order chi connectivity index (χ0) is 7.72. The summed E-state index contributed by atoms with van der Waals surface area (Å²) in [6, 6.07) is 0. The van der Waals surface area contributed by atoms with Crippen LogP contribution in [0.3, 0.4) is 0 Å². The van der Waals surface area contributed by atoms with Crippen LogP contribution in [0.1, 0.15) is 10.5 Å². The van der Waals surface area contributed by atoms with E-state index >= 15 is 0 Å². The van der Waals surface area contributed by atoms with Crippen LogP contribution in [0.15, 0.2) is 0 Å². The number of carbonyl (C=O) groups is 1. The maximum Gasteiger partial charge on any atom is 0.289 e. The van der Waals surface area contributed by atoms with Gasteiger partial charge in [-0.1, -0.05) is 0 Å². The Bertz CT molecular complexity index is 269. The van der Waals surface area contributed by atoms with Crippen molar-refractivity contribution in [2.45, 2.75) is 0 Å². The van der Waals surface area contributed by atoms with E-state index in [1.165, 1.54) is 0 Å². The number of rotatable bonds is 1. The number of primary amides is 1. The Labute approximate surface area is 54.1 Å². The fraction of sp³-hybridized carbons (Fsp3) is 0. The third-order valence-electron chi connectivity index (χ3n) is 0.864. The van der Waals surface area contributed by atoms with Crippen molar-refractivity contribution < 1.29 is 13.6 Å². The van der Waals surface area contributed by atoms with E-state index in [9.17, 15) is 13.6 Å². The number of H-pyrrole nitrogens is 1. The number of amides is 1. The van der Waals surface area contributed by atoms with Crippen LogP contribution in [-0.2, 0) is 0 Å². The Kier molecular flexibility index (Phi) is 1.37. The van der Waals surface area contributed by atoms with Crippen LogP contribution in [0, 0.1) is 12.0 Å². The summed E-state index contributed by atoms with van der Waals surface area (Å²) in [5.74, 6) is -2.25. The van der Waals surface area contributed by atoms with Gasteiger partial charge < -0.3 is 5.73 Å². The second kappa shape index (κ2) is 2.05. The molecule has 1 heterocycles. The normalized spacial score (nSPS) is 9.80. The highest BCUT2D eigenvalue weighted by Crippen LogP contribution is 2.00. The van der Waals surface area contributed by atoms with E-state index in [4.69, 9.17) is 0 Å². The van der Waals surface area contributed by atoms with Crippen molar-refractivity contribution in [3.05, 3.63) is 17.7 Å². The van der Waals surface area contributed by atoms with Crippen LogP contribution in [0.25, 0.3) is 0 Å². The first-order valence-electron chi connectivity index (χ1n) is 2.32. The molecule has 0 radical (unpaired) electrons. The maximum absolute atomic E-state index is 12.2. The van der Waals surface area contributed by atoms with Crippen molar-refractivity contribution in [1.82, 2.24) is 9.97 Å². The number of halogens is 2. The predicted octanol–water partition coefficient (Wildman–Crippen LogP) is -0.213. The van der Waals surface area contributed by atoms with Gasteiger partial charge >= 0.3 is 0 Å². The number of aromatic nitrogens is 2. The molecule has 0 unspecified atom stereocenters. The van der Waals surface area contributed by atoms with Gasteiger partial charge in [0.05, 0.1) is 0 Å². The zero-order valence-corrected chi connectivity index (χ0v) is 4.69. The molecule has 0 fully saturated rings. The maximum atomic E-state index is 12.2. The van der Waals surface area contributed by atoms with E-state index < -0.39 is 23.6 Å². The van der Waals surface area contributed by atoms with E-state index in [0.717, 1.165) is 0 Å². The minimum atomic E-state index is -1.16. The summed E-state index contributed by atoms with van der Waals surface area (Å²) in [5, 5.41) is 0. The first kappa shape index (κ1) is 6.66. The molecule has 0 spiro atoms. The lowest BCUT2D eigenvalue weighted by atomic mass is 10.5. The number of nitrogens with zero attached hydrogens (tertiary/aromatic N) is 1. The second-order valence-corrected chi connectivity index (χ2v) is 1.55. The van der Waals surface area contributed by atoms with Crippen molar-refractivity contribution in [3.63, 3.8) is 0 Å². The second-order valence-electron chi connectivity index (χ2n) is 1.55. The number of nitrogens with one attached hydrogen (secondary N) is 1. The van der Waals surface area contributed by atoms with Crippen LogP contribution in [0.5, 0.6) is 0 Å². The number of aromatic amines is 1. The summed E-state index contributed by atoms with van der Waals surface area (Å²) in [6.07, 6.45) is -1.16. The molecule has 1 amide bonds. The Morgan fingerprint density at radius 2 is 2.20 bits per heavy atom. The van der Waals surface area contributed by atoms with E-state index in [1.807, 2.05) is 0 Å². The Hall–Kier alpha value is -1.46. The average molecular weight is 147 g/mol. The summed E-state index contributed by atoms with van der Waals surface area (Å²) in [6.45, 7) is 0. The zero-order valence-electron chi connectivity index (χ0n) is 4.69. The summed E-state index contributed by atoms with van der Waals surface area (Å²) in [5.41, 5.74) is 3.89. The van der Waals surface area contributed by atoms with Gasteiger partial charge in [-0.25, -0.2) is 0 Å². The smallest absolute Gasteiger partial charge is 0.289 e. The van der Waals surface area contributed by atoms with Gasteiger partial charge in [-0.3, -0.25) is 9.78 Å². The third-order valence-corrected chi connectivity index (χ3v) is 0.864. The fourth-order valence-corrected chi connectivity index (χ4v) is 0.488. The van der Waals surface area contributed by atoms with Crippen LogP contribution in [0.2, 0.25) is 0 Å². The molecule has 6 heteroatoms. The van der Waals surface area contributed by atoms with E-state index in [1.54, 1.807) is 4.98 Å². The van der Waals surface area contributed by atoms with Gasteiger partial charge in [0.2, 0.25) is 5.95 Å². The molecule has 10 heavy (non-hydrogen) atoms. The minimum Gasteiger partial charge on any atom is -0.364 e. The highest BCUT2D eigenvalue weighted by molar-refractivity contribution is 5.90. The van der Waals surface area contributed by atoms with Gasteiger partial charge in [-0.2, -0.15) is 13.8 Å². The molecular formula is C4H3F2N3O. The Morgan fingerprint density at radius 1 is 1.60 bits per heavy atom. The standard InChI is InChI=1S/C4H3F2N3O/c5-2-1(3(7)10)8-4(6)9-2/h(H2,7,10)(H,8,9). The number of hydrogen-bond donors (Lipinski definition) is 2. The van der Waals surface area contributed by atoms with E-state index in [2.05, 4.69) is 10.7 Å². The van der Waals surface area contributed by atoms with Crippen molar-refractivity contribution in [2.24, 2.45) is 5.73 Å². The third kappa shape index (κ3) is 0.949. The van der Waals surface area contributed by atoms with Crippen LogP contribution < -0.4 is 5.73 Å². The van der Waals surface area contributed by atoms with Gasteiger partial charge in [-0.15, -0.1) is 0 Å². The van der Waals surface area contributed by atoms with Crippen LogP contribution in [0.4, 0.5) is 8.78 Å². The van der Waals surface area contributed by atoms with Gasteiger partial charge in [0.15, 0.2) is 5.69 Å². The summed E-state index contributed by atoms with van der Waals surface area (Å²) < 4.78 is 24.1. The molecule has 0 saturated heterocycles. The SMILES string of the molecule is NC(=O)c1nc(F)[nH]c1F. The van der Waals surface area contributed by atoms with Gasteiger partial charge in [0, 0.05) is 0 Å². The lowest BCUT2D eigenvalue weighted by molar-refractivity contribution is 0.0991. The van der Waals surface area contributed by atoms with E-state index in [-0.39, 0.29) is 0 Å². The molecular weight excluding hydrogens is 144 g/mol. The first-order chi connectivity index (χ1) is 4.61. The highest BCUT2D eigenvalue weighted by atomic mass is 19.1. The lowest BCUT2D eigenvalue weighted by Gasteiger charge is -1.82. The van der Waals surface area contributed by atoms with Gasteiger partial charge in [0.1, 0.15) is 0 Å². The molecule has 0 aliphatic heterocycles. The number of hydrogen-bond acceptors (Lipinski definition) is 2. The Balaban J connectivity index is 3.15. The molecule has 1 aromatic rings. The largest absolute Gasteiger partial charge is 0.364 e. The number of carbonyl (C=O) groups excluding carboxylic acids is 1. The summed E-state index contributed by atoms with van der Waals surface area (Å²) >= 11 is 0. The monoisotopic (exact) mass is 147 g/mol. The molecule has 0 aliphatic rings. The quantitative estimate of drug-likeness (QED) is 0.576. The van der Waals surface area contributed by atoms with Gasteiger partial charge in [0.25, 0.3) is 12.0 Å². The molecule has 0 aliphatic carbocycles. The van der Waals surface area contributed by atoms with Crippen molar-refractivity contribution in [2.75, 3.05) is 0 Å². The van der Waals surface area contributed by atoms with E-state index in [0.29, 0.717) is 0 Å². The topological polar surface area (TPSA) is 71.8 Å². The van der Waals surface area contributed by atoms with Crippen LogP contribution in [-0.4, -0.2) is 15.9 Å². The predicted molar refractivity (Wildman–Crippen MR) is 27.0 cm³/mol. The molecule has 0 atom stereocenters. The number of imidazole rings is 1. The molecule has 4 nitrogen and oxygen atoms in total. The van der Waals surface area contributed by atoms with Crippen molar-refractivity contribution in [3.8, 4) is 0 Å². The highest BCUT2D eigenvalue weighted by Gasteiger charge is 2.13. The molecule has 0 aromatic carbocycles. The van der Waals surface area contributed by atoms with Gasteiger partial charge in [-0.05, 0) is 0 Å². The molecule has 1 aromatic heterocycles. The summed E-state index contributed by atoms with van der Waals surface area (Å²) in [4.78, 5) is 14.5. The molecule has 54 valence electrons. The fourth-order valence-electron chi connectivity index (χ4n) is 0.488. The van der Waals surface area contributed by atoms with Crippen molar-refractivity contribution >= 4 is 5.91 Å². The Morgan fingerprint density at radius 3 is 2.40 bits per heavy atom. The average Bonchev–Trinajstić information content (AvgIpc) is 2.10. The van der Waals surface area contributed by atoms with Crippen LogP contribution >= 0.6 is 0 Å². The van der Waals surface area contributed by atoms with Crippen molar-refractivity contribution in [1.29, 1.82) is 0 Å². The molecule has 1 rings (SSSR count). The lowest BCUT2D eigenvalue weighted by Crippen LogP contribution is -2.13.